The van der Waals surface area contributed by atoms with E-state index in [0.717, 1.165) is 12.1 Å². The maximum absolute atomic E-state index is 11.1. The van der Waals surface area contributed by atoms with Crippen LogP contribution >= 0.6 is 11.6 Å². The molecule has 1 saturated heterocycles. The average molecular weight is 270 g/mol. The molecular weight excluding hydrogens is 254 g/mol. The van der Waals surface area contributed by atoms with Gasteiger partial charge in [0, 0.05) is 18.1 Å². The molecule has 4 nitrogen and oxygen atoms in total. The quantitative estimate of drug-likeness (QED) is 0.884. The second kappa shape index (κ2) is 4.78. The molecule has 2 N–H and O–H groups in total. The number of hydrogen-bond donors (Lipinski definition) is 2. The molecular formula is C13H16ClNO3. The van der Waals surface area contributed by atoms with E-state index < -0.39 is 11.4 Å². The molecule has 1 unspecified atom stereocenters. The van der Waals surface area contributed by atoms with Crippen LogP contribution in [0.15, 0.2) is 18.2 Å². The van der Waals surface area contributed by atoms with Crippen LogP contribution in [0.5, 0.6) is 5.75 Å². The van der Waals surface area contributed by atoms with Gasteiger partial charge in [0.15, 0.2) is 0 Å². The summed E-state index contributed by atoms with van der Waals surface area (Å²) in [4.78, 5) is 13.2. The van der Waals surface area contributed by atoms with E-state index in [1.54, 1.807) is 19.1 Å². The Kier molecular flexibility index (Phi) is 3.50. The van der Waals surface area contributed by atoms with Gasteiger partial charge < -0.3 is 10.2 Å². The minimum absolute atomic E-state index is 0.137. The highest BCUT2D eigenvalue weighted by Gasteiger charge is 2.40. The summed E-state index contributed by atoms with van der Waals surface area (Å²) in [6.07, 6.45) is 0.648. The first-order valence-electron chi connectivity index (χ1n) is 5.83. The molecule has 2 rings (SSSR count). The van der Waals surface area contributed by atoms with Crippen LogP contribution in [-0.2, 0) is 11.3 Å². The Bertz CT molecular complexity index is 457. The molecule has 0 bridgehead atoms. The number of likely N-dealkylation sites (tertiary alicyclic amines) is 1. The topological polar surface area (TPSA) is 60.8 Å². The van der Waals surface area contributed by atoms with Gasteiger partial charge in [-0.3, -0.25) is 9.69 Å². The molecule has 1 aromatic carbocycles. The van der Waals surface area contributed by atoms with E-state index in [2.05, 4.69) is 4.90 Å². The number of rotatable bonds is 3. The Hall–Kier alpha value is -1.26. The molecule has 98 valence electrons. The maximum Gasteiger partial charge on any atom is 0.310 e. The molecule has 0 saturated carbocycles. The van der Waals surface area contributed by atoms with E-state index in [1.165, 1.54) is 6.07 Å². The van der Waals surface area contributed by atoms with E-state index in [1.807, 2.05) is 0 Å². The van der Waals surface area contributed by atoms with Gasteiger partial charge in [0.25, 0.3) is 0 Å². The molecule has 0 radical (unpaired) electrons. The van der Waals surface area contributed by atoms with Crippen molar-refractivity contribution < 1.29 is 15.0 Å². The van der Waals surface area contributed by atoms with Crippen molar-refractivity contribution in [3.63, 3.8) is 0 Å². The van der Waals surface area contributed by atoms with Crippen molar-refractivity contribution in [1.82, 2.24) is 4.90 Å². The smallest absolute Gasteiger partial charge is 0.310 e. The lowest BCUT2D eigenvalue weighted by atomic mass is 9.90. The molecule has 0 aromatic heterocycles. The number of aromatic hydroxyl groups is 1. The molecule has 18 heavy (non-hydrogen) atoms. The molecule has 1 aliphatic rings. The largest absolute Gasteiger partial charge is 0.508 e. The number of carbonyl (C=O) groups is 1. The van der Waals surface area contributed by atoms with Crippen molar-refractivity contribution in [2.45, 2.75) is 19.9 Å². The predicted molar refractivity (Wildman–Crippen MR) is 68.8 cm³/mol. The van der Waals surface area contributed by atoms with Gasteiger partial charge in [-0.15, -0.1) is 0 Å². The molecule has 1 aromatic rings. The summed E-state index contributed by atoms with van der Waals surface area (Å²) in [6.45, 7) is 3.65. The highest BCUT2D eigenvalue weighted by Crippen LogP contribution is 2.31. The van der Waals surface area contributed by atoms with E-state index in [-0.39, 0.29) is 5.75 Å². The fourth-order valence-corrected chi connectivity index (χ4v) is 2.60. The number of nitrogens with zero attached hydrogens (tertiary/aromatic N) is 1. The van der Waals surface area contributed by atoms with Crippen LogP contribution in [0.1, 0.15) is 18.9 Å². The van der Waals surface area contributed by atoms with Crippen LogP contribution in [0.25, 0.3) is 0 Å². The van der Waals surface area contributed by atoms with Crippen LogP contribution in [0.3, 0.4) is 0 Å². The first kappa shape index (κ1) is 13.2. The summed E-state index contributed by atoms with van der Waals surface area (Å²) < 4.78 is 0. The van der Waals surface area contributed by atoms with Crippen molar-refractivity contribution in [3.05, 3.63) is 28.8 Å². The van der Waals surface area contributed by atoms with Crippen molar-refractivity contribution in [1.29, 1.82) is 0 Å². The monoisotopic (exact) mass is 269 g/mol. The zero-order valence-electron chi connectivity index (χ0n) is 10.2. The Morgan fingerprint density at radius 1 is 1.50 bits per heavy atom. The van der Waals surface area contributed by atoms with Crippen LogP contribution < -0.4 is 0 Å². The number of phenolic OH excluding ortho intramolecular Hbond substituents is 1. The summed E-state index contributed by atoms with van der Waals surface area (Å²) in [5, 5.41) is 19.1. The summed E-state index contributed by atoms with van der Waals surface area (Å²) >= 11 is 5.87. The number of aliphatic carboxylic acids is 1. The summed E-state index contributed by atoms with van der Waals surface area (Å²) in [6, 6.07) is 4.93. The first-order valence-corrected chi connectivity index (χ1v) is 6.21. The average Bonchev–Trinajstić information content (AvgIpc) is 2.60. The molecule has 0 amide bonds. The van der Waals surface area contributed by atoms with Gasteiger partial charge in [0.2, 0.25) is 0 Å². The third-order valence-electron chi connectivity index (χ3n) is 3.42. The van der Waals surface area contributed by atoms with Gasteiger partial charge in [-0.05, 0) is 43.7 Å². The Labute approximate surface area is 111 Å². The van der Waals surface area contributed by atoms with Gasteiger partial charge in [-0.1, -0.05) is 11.6 Å². The lowest BCUT2D eigenvalue weighted by molar-refractivity contribution is -0.147. The fraction of sp³-hybridized carbons (Fsp3) is 0.462. The van der Waals surface area contributed by atoms with Gasteiger partial charge >= 0.3 is 5.97 Å². The third kappa shape index (κ3) is 2.76. The number of phenols is 1. The lowest BCUT2D eigenvalue weighted by Gasteiger charge is -2.20. The zero-order chi connectivity index (χ0) is 13.3. The highest BCUT2D eigenvalue weighted by atomic mass is 35.5. The van der Waals surface area contributed by atoms with Gasteiger partial charge in [0.1, 0.15) is 5.75 Å². The van der Waals surface area contributed by atoms with Gasteiger partial charge in [-0.25, -0.2) is 0 Å². The number of carboxylic acid groups (broad SMARTS) is 1. The predicted octanol–water partition coefficient (Wildman–Crippen LogP) is 2.34. The van der Waals surface area contributed by atoms with Crippen molar-refractivity contribution >= 4 is 17.6 Å². The van der Waals surface area contributed by atoms with Gasteiger partial charge in [0.05, 0.1) is 5.41 Å². The third-order valence-corrected chi connectivity index (χ3v) is 3.64. The first-order chi connectivity index (χ1) is 8.39. The fourth-order valence-electron chi connectivity index (χ4n) is 2.35. The molecule has 1 heterocycles. The lowest BCUT2D eigenvalue weighted by Crippen LogP contribution is -2.31. The standard InChI is InChI=1S/C13H16ClNO3/c1-13(12(17)18)2-3-15(8-13)7-9-4-10(14)6-11(16)5-9/h4-6,16H,2-3,7-8H2,1H3,(H,17,18). The van der Waals surface area contributed by atoms with E-state index >= 15 is 0 Å². The summed E-state index contributed by atoms with van der Waals surface area (Å²) in [5.74, 6) is -0.614. The minimum Gasteiger partial charge on any atom is -0.508 e. The molecule has 1 fully saturated rings. The molecule has 0 aliphatic carbocycles. The van der Waals surface area contributed by atoms with Crippen molar-refractivity contribution in [2.75, 3.05) is 13.1 Å². The number of carboxylic acids is 1. The maximum atomic E-state index is 11.1. The molecule has 1 aliphatic heterocycles. The van der Waals surface area contributed by atoms with E-state index in [0.29, 0.717) is 24.5 Å². The number of halogens is 1. The molecule has 5 heteroatoms. The SMILES string of the molecule is CC1(C(=O)O)CCN(Cc2cc(O)cc(Cl)c2)C1. The van der Waals surface area contributed by atoms with Crippen LogP contribution in [0.4, 0.5) is 0 Å². The van der Waals surface area contributed by atoms with Crippen LogP contribution in [0, 0.1) is 5.41 Å². The Morgan fingerprint density at radius 2 is 2.22 bits per heavy atom. The van der Waals surface area contributed by atoms with Crippen LogP contribution in [-0.4, -0.2) is 34.2 Å². The normalized spacial score (nSPS) is 24.3. The second-order valence-corrected chi connectivity index (χ2v) is 5.58. The van der Waals surface area contributed by atoms with Crippen molar-refractivity contribution in [3.8, 4) is 5.75 Å². The zero-order valence-corrected chi connectivity index (χ0v) is 10.9. The number of benzene rings is 1. The highest BCUT2D eigenvalue weighted by molar-refractivity contribution is 6.30. The van der Waals surface area contributed by atoms with E-state index in [4.69, 9.17) is 16.7 Å². The Balaban J connectivity index is 2.06. The number of hydrogen-bond acceptors (Lipinski definition) is 3. The second-order valence-electron chi connectivity index (χ2n) is 5.14. The Morgan fingerprint density at radius 3 is 2.78 bits per heavy atom. The van der Waals surface area contributed by atoms with Crippen molar-refractivity contribution in [2.24, 2.45) is 5.41 Å². The summed E-state index contributed by atoms with van der Waals surface area (Å²) in [5.41, 5.74) is 0.232. The van der Waals surface area contributed by atoms with Gasteiger partial charge in [-0.2, -0.15) is 0 Å². The van der Waals surface area contributed by atoms with Crippen LogP contribution in [0.2, 0.25) is 5.02 Å². The summed E-state index contributed by atoms with van der Waals surface area (Å²) in [7, 11) is 0. The van der Waals surface area contributed by atoms with E-state index in [9.17, 15) is 9.90 Å². The molecule has 0 spiro atoms. The molecule has 1 atom stereocenters. The minimum atomic E-state index is -0.751.